The van der Waals surface area contributed by atoms with E-state index in [0.29, 0.717) is 17.3 Å². The molecule has 2 unspecified atom stereocenters. The molecule has 0 saturated carbocycles. The van der Waals surface area contributed by atoms with Gasteiger partial charge in [-0.2, -0.15) is 5.10 Å². The molecule has 2 atom stereocenters. The number of rotatable bonds is 8. The number of ether oxygens (including phenoxy) is 1. The van der Waals surface area contributed by atoms with Crippen LogP contribution in [0.25, 0.3) is 0 Å². The van der Waals surface area contributed by atoms with Crippen molar-refractivity contribution in [1.82, 2.24) is 15.1 Å². The topological polar surface area (TPSA) is 59.3 Å². The van der Waals surface area contributed by atoms with E-state index >= 15 is 0 Å². The molecular weight excluding hydrogens is 290 g/mol. The van der Waals surface area contributed by atoms with Crippen LogP contribution in [0.5, 0.6) is 5.75 Å². The van der Waals surface area contributed by atoms with Crippen molar-refractivity contribution in [3.8, 4) is 5.75 Å². The first kappa shape index (κ1) is 15.8. The number of hydrogen-bond acceptors (Lipinski definition) is 4. The largest absolute Gasteiger partial charge is 0.491 e. The molecule has 114 valence electrons. The second kappa shape index (κ2) is 8.02. The van der Waals surface area contributed by atoms with Crippen LogP contribution in [-0.2, 0) is 6.54 Å². The van der Waals surface area contributed by atoms with E-state index in [4.69, 9.17) is 16.3 Å². The van der Waals surface area contributed by atoms with E-state index in [1.807, 2.05) is 36.0 Å². The van der Waals surface area contributed by atoms with Crippen molar-refractivity contribution >= 4 is 11.6 Å². The Bertz CT molecular complexity index is 533. The van der Waals surface area contributed by atoms with E-state index in [0.717, 1.165) is 6.54 Å². The van der Waals surface area contributed by atoms with Crippen LogP contribution in [0.4, 0.5) is 0 Å². The van der Waals surface area contributed by atoms with Crippen molar-refractivity contribution in [2.75, 3.05) is 13.2 Å². The van der Waals surface area contributed by atoms with E-state index in [9.17, 15) is 5.11 Å². The van der Waals surface area contributed by atoms with Crippen molar-refractivity contribution in [2.24, 2.45) is 0 Å². The van der Waals surface area contributed by atoms with Gasteiger partial charge in [-0.3, -0.25) is 4.68 Å². The molecule has 0 bridgehead atoms. The van der Waals surface area contributed by atoms with Gasteiger partial charge in [0, 0.05) is 30.0 Å². The molecule has 2 aromatic rings. The van der Waals surface area contributed by atoms with Gasteiger partial charge in [-0.15, -0.1) is 0 Å². The minimum atomic E-state index is -0.580. The molecule has 0 amide bonds. The van der Waals surface area contributed by atoms with E-state index in [1.54, 1.807) is 18.3 Å². The summed E-state index contributed by atoms with van der Waals surface area (Å²) in [7, 11) is 0. The molecule has 21 heavy (non-hydrogen) atoms. The third kappa shape index (κ3) is 5.75. The Hall–Kier alpha value is -1.56. The molecular formula is C15H20ClN3O2. The van der Waals surface area contributed by atoms with Gasteiger partial charge in [0.2, 0.25) is 0 Å². The minimum absolute atomic E-state index is 0.214. The number of halogens is 1. The predicted octanol–water partition coefficient (Wildman–Crippen LogP) is 1.95. The fourth-order valence-corrected chi connectivity index (χ4v) is 2.08. The molecule has 0 aliphatic carbocycles. The Morgan fingerprint density at radius 3 is 3.00 bits per heavy atom. The van der Waals surface area contributed by atoms with Crippen LogP contribution in [0.15, 0.2) is 42.7 Å². The number of hydrogen-bond donors (Lipinski definition) is 2. The number of aromatic nitrogens is 2. The molecule has 0 fully saturated rings. The maximum Gasteiger partial charge on any atom is 0.120 e. The van der Waals surface area contributed by atoms with Gasteiger partial charge in [0.05, 0.1) is 6.54 Å². The van der Waals surface area contributed by atoms with Gasteiger partial charge in [-0.25, -0.2) is 0 Å². The smallest absolute Gasteiger partial charge is 0.120 e. The number of benzene rings is 1. The van der Waals surface area contributed by atoms with E-state index in [1.165, 1.54) is 0 Å². The summed E-state index contributed by atoms with van der Waals surface area (Å²) in [6.07, 6.45) is 3.08. The summed E-state index contributed by atoms with van der Waals surface area (Å²) in [6.45, 7) is 3.49. The normalized spacial score (nSPS) is 13.9. The van der Waals surface area contributed by atoms with E-state index in [-0.39, 0.29) is 12.6 Å². The second-order valence-electron chi connectivity index (χ2n) is 4.96. The summed E-state index contributed by atoms with van der Waals surface area (Å²) in [5.74, 6) is 0.658. The quantitative estimate of drug-likeness (QED) is 0.782. The van der Waals surface area contributed by atoms with Gasteiger partial charge in [0.15, 0.2) is 0 Å². The monoisotopic (exact) mass is 309 g/mol. The van der Waals surface area contributed by atoms with E-state index < -0.39 is 6.10 Å². The zero-order valence-corrected chi connectivity index (χ0v) is 12.7. The van der Waals surface area contributed by atoms with Gasteiger partial charge < -0.3 is 15.2 Å². The first-order valence-electron chi connectivity index (χ1n) is 6.90. The van der Waals surface area contributed by atoms with Gasteiger partial charge in [0.25, 0.3) is 0 Å². The summed E-state index contributed by atoms with van der Waals surface area (Å²) < 4.78 is 7.35. The lowest BCUT2D eigenvalue weighted by molar-refractivity contribution is 0.103. The van der Waals surface area contributed by atoms with Crippen molar-refractivity contribution in [3.63, 3.8) is 0 Å². The van der Waals surface area contributed by atoms with Crippen LogP contribution < -0.4 is 10.1 Å². The summed E-state index contributed by atoms with van der Waals surface area (Å²) in [6, 6.07) is 9.23. The van der Waals surface area contributed by atoms with Crippen molar-refractivity contribution in [1.29, 1.82) is 0 Å². The number of nitrogens with one attached hydrogen (secondary N) is 1. The van der Waals surface area contributed by atoms with Gasteiger partial charge in [0.1, 0.15) is 18.5 Å². The SMILES string of the molecule is CC(Cn1cccn1)NCC(O)COc1cccc(Cl)c1. The van der Waals surface area contributed by atoms with Crippen molar-refractivity contribution in [2.45, 2.75) is 25.6 Å². The molecule has 1 heterocycles. The lowest BCUT2D eigenvalue weighted by atomic mass is 10.3. The Morgan fingerprint density at radius 2 is 2.29 bits per heavy atom. The third-order valence-corrected chi connectivity index (χ3v) is 3.20. The Labute approximate surface area is 129 Å². The number of nitrogens with zero attached hydrogens (tertiary/aromatic N) is 2. The molecule has 1 aromatic heterocycles. The Morgan fingerprint density at radius 1 is 1.43 bits per heavy atom. The van der Waals surface area contributed by atoms with Crippen LogP contribution in [0.1, 0.15) is 6.92 Å². The Balaban J connectivity index is 1.66. The standard InChI is InChI=1S/C15H20ClN3O2/c1-12(10-19-7-3-6-18-19)17-9-14(20)11-21-15-5-2-4-13(16)8-15/h2-8,12,14,17,20H,9-11H2,1H3. The number of aliphatic hydroxyl groups is 1. The van der Waals surface area contributed by atoms with Gasteiger partial charge in [-0.1, -0.05) is 17.7 Å². The molecule has 0 aliphatic rings. The van der Waals surface area contributed by atoms with Crippen LogP contribution in [0.3, 0.4) is 0 Å². The molecule has 0 aliphatic heterocycles. The van der Waals surface area contributed by atoms with E-state index in [2.05, 4.69) is 10.4 Å². The molecule has 1 aromatic carbocycles. The third-order valence-electron chi connectivity index (χ3n) is 2.96. The van der Waals surface area contributed by atoms with Gasteiger partial charge >= 0.3 is 0 Å². The maximum absolute atomic E-state index is 9.91. The van der Waals surface area contributed by atoms with Gasteiger partial charge in [-0.05, 0) is 31.2 Å². The summed E-state index contributed by atoms with van der Waals surface area (Å²) in [5, 5.41) is 17.9. The summed E-state index contributed by atoms with van der Waals surface area (Å²) in [5.41, 5.74) is 0. The molecule has 2 rings (SSSR count). The van der Waals surface area contributed by atoms with Crippen molar-refractivity contribution < 1.29 is 9.84 Å². The van der Waals surface area contributed by atoms with Crippen LogP contribution in [-0.4, -0.2) is 40.2 Å². The average Bonchev–Trinajstić information content (AvgIpc) is 2.96. The van der Waals surface area contributed by atoms with Crippen molar-refractivity contribution in [3.05, 3.63) is 47.7 Å². The zero-order chi connectivity index (χ0) is 15.1. The maximum atomic E-state index is 9.91. The molecule has 0 saturated heterocycles. The average molecular weight is 310 g/mol. The summed E-state index contributed by atoms with van der Waals surface area (Å²) >= 11 is 5.87. The highest BCUT2D eigenvalue weighted by atomic mass is 35.5. The summed E-state index contributed by atoms with van der Waals surface area (Å²) in [4.78, 5) is 0. The van der Waals surface area contributed by atoms with Crippen LogP contribution >= 0.6 is 11.6 Å². The highest BCUT2D eigenvalue weighted by Crippen LogP contribution is 2.17. The molecule has 6 heteroatoms. The lowest BCUT2D eigenvalue weighted by Crippen LogP contribution is -2.38. The minimum Gasteiger partial charge on any atom is -0.491 e. The molecule has 5 nitrogen and oxygen atoms in total. The number of aliphatic hydroxyl groups excluding tert-OH is 1. The highest BCUT2D eigenvalue weighted by molar-refractivity contribution is 6.30. The Kier molecular flexibility index (Phi) is 6.04. The molecule has 0 radical (unpaired) electrons. The first-order valence-corrected chi connectivity index (χ1v) is 7.28. The molecule has 2 N–H and O–H groups in total. The fraction of sp³-hybridized carbons (Fsp3) is 0.400. The fourth-order valence-electron chi connectivity index (χ4n) is 1.90. The zero-order valence-electron chi connectivity index (χ0n) is 11.9. The van der Waals surface area contributed by atoms with Crippen LogP contribution in [0, 0.1) is 0 Å². The first-order chi connectivity index (χ1) is 10.1. The predicted molar refractivity (Wildman–Crippen MR) is 82.6 cm³/mol. The lowest BCUT2D eigenvalue weighted by Gasteiger charge is -2.17. The van der Waals surface area contributed by atoms with Crippen LogP contribution in [0.2, 0.25) is 5.02 Å². The second-order valence-corrected chi connectivity index (χ2v) is 5.40. The molecule has 0 spiro atoms. The highest BCUT2D eigenvalue weighted by Gasteiger charge is 2.09.